The Kier molecular flexibility index (Phi) is 4.64. The molecule has 0 amide bonds. The van der Waals surface area contributed by atoms with Crippen molar-refractivity contribution in [1.29, 1.82) is 0 Å². The summed E-state index contributed by atoms with van der Waals surface area (Å²) >= 11 is 6.99. The molecule has 7 heteroatoms. The van der Waals surface area contributed by atoms with Crippen molar-refractivity contribution in [3.8, 4) is 0 Å². The van der Waals surface area contributed by atoms with Gasteiger partial charge >= 0.3 is 0 Å². The normalized spacial score (nSPS) is 11.2. The SMILES string of the molecule is Brc1ccccc1Cn1cc(CSc2nc3ccccc3s2)nn1. The molecule has 4 nitrogen and oxygen atoms in total. The van der Waals surface area contributed by atoms with E-state index in [0.717, 1.165) is 25.8 Å². The Morgan fingerprint density at radius 1 is 1.08 bits per heavy atom. The van der Waals surface area contributed by atoms with Gasteiger partial charge in [-0.25, -0.2) is 9.67 Å². The van der Waals surface area contributed by atoms with Crippen LogP contribution in [0.2, 0.25) is 0 Å². The summed E-state index contributed by atoms with van der Waals surface area (Å²) in [7, 11) is 0. The lowest BCUT2D eigenvalue weighted by Gasteiger charge is -2.02. The van der Waals surface area contributed by atoms with E-state index in [4.69, 9.17) is 0 Å². The summed E-state index contributed by atoms with van der Waals surface area (Å²) in [5, 5.41) is 8.49. The average molecular weight is 417 g/mol. The van der Waals surface area contributed by atoms with Gasteiger partial charge in [-0.2, -0.15) is 0 Å². The van der Waals surface area contributed by atoms with Gasteiger partial charge in [0.2, 0.25) is 0 Å². The first-order chi connectivity index (χ1) is 11.8. The number of thiazole rings is 1. The smallest absolute Gasteiger partial charge is 0.151 e. The van der Waals surface area contributed by atoms with E-state index < -0.39 is 0 Å². The number of nitrogens with zero attached hydrogens (tertiary/aromatic N) is 4. The highest BCUT2D eigenvalue weighted by Crippen LogP contribution is 2.30. The van der Waals surface area contributed by atoms with Crippen LogP contribution in [0, 0.1) is 0 Å². The number of halogens is 1. The molecule has 0 atom stereocenters. The first kappa shape index (κ1) is 15.8. The van der Waals surface area contributed by atoms with Gasteiger partial charge in [0.05, 0.1) is 22.5 Å². The van der Waals surface area contributed by atoms with Gasteiger partial charge in [0.1, 0.15) is 0 Å². The molecule has 4 aromatic rings. The van der Waals surface area contributed by atoms with E-state index >= 15 is 0 Å². The fourth-order valence-corrected chi connectivity index (χ4v) is 4.69. The Labute approximate surface area is 156 Å². The van der Waals surface area contributed by atoms with Crippen LogP contribution < -0.4 is 0 Å². The molecule has 24 heavy (non-hydrogen) atoms. The molecule has 0 spiro atoms. The maximum Gasteiger partial charge on any atom is 0.151 e. The molecule has 0 aliphatic rings. The molecular weight excluding hydrogens is 404 g/mol. The van der Waals surface area contributed by atoms with Gasteiger partial charge in [-0.05, 0) is 23.8 Å². The van der Waals surface area contributed by atoms with E-state index in [1.54, 1.807) is 23.1 Å². The molecule has 0 bridgehead atoms. The molecule has 0 N–H and O–H groups in total. The van der Waals surface area contributed by atoms with Gasteiger partial charge in [0.15, 0.2) is 4.34 Å². The van der Waals surface area contributed by atoms with Crippen molar-refractivity contribution >= 4 is 49.2 Å². The van der Waals surface area contributed by atoms with Crippen LogP contribution in [0.25, 0.3) is 10.2 Å². The Morgan fingerprint density at radius 2 is 1.92 bits per heavy atom. The summed E-state index contributed by atoms with van der Waals surface area (Å²) < 4.78 is 5.24. The lowest BCUT2D eigenvalue weighted by atomic mass is 10.2. The summed E-state index contributed by atoms with van der Waals surface area (Å²) in [5.74, 6) is 0.774. The third kappa shape index (κ3) is 3.53. The maximum atomic E-state index is 4.63. The molecule has 0 saturated carbocycles. The average Bonchev–Trinajstić information content (AvgIpc) is 3.21. The molecule has 2 heterocycles. The minimum atomic E-state index is 0.709. The topological polar surface area (TPSA) is 43.6 Å². The van der Waals surface area contributed by atoms with Crippen molar-refractivity contribution < 1.29 is 0 Å². The Bertz CT molecular complexity index is 946. The van der Waals surface area contributed by atoms with E-state index in [-0.39, 0.29) is 0 Å². The summed E-state index contributed by atoms with van der Waals surface area (Å²) in [6, 6.07) is 16.4. The summed E-state index contributed by atoms with van der Waals surface area (Å²) in [6.07, 6.45) is 2.00. The number of aromatic nitrogens is 4. The zero-order valence-corrected chi connectivity index (χ0v) is 15.8. The van der Waals surface area contributed by atoms with Crippen molar-refractivity contribution in [2.45, 2.75) is 16.6 Å². The first-order valence-electron chi connectivity index (χ1n) is 7.39. The minimum Gasteiger partial charge on any atom is -0.248 e. The summed E-state index contributed by atoms with van der Waals surface area (Å²) in [4.78, 5) is 4.63. The molecule has 2 aromatic heterocycles. The highest BCUT2D eigenvalue weighted by Gasteiger charge is 2.07. The predicted octanol–water partition coefficient (Wildman–Crippen LogP) is 4.99. The predicted molar refractivity (Wildman–Crippen MR) is 102 cm³/mol. The van der Waals surface area contributed by atoms with E-state index in [0.29, 0.717) is 6.54 Å². The molecule has 0 aliphatic carbocycles. The van der Waals surface area contributed by atoms with Crippen LogP contribution in [-0.4, -0.2) is 20.0 Å². The summed E-state index contributed by atoms with van der Waals surface area (Å²) in [5.41, 5.74) is 3.21. The van der Waals surface area contributed by atoms with Crippen molar-refractivity contribution in [3.63, 3.8) is 0 Å². The van der Waals surface area contributed by atoms with Crippen LogP contribution in [0.3, 0.4) is 0 Å². The highest BCUT2D eigenvalue weighted by atomic mass is 79.9. The number of para-hydroxylation sites is 1. The van der Waals surface area contributed by atoms with Crippen LogP contribution in [0.15, 0.2) is 63.5 Å². The monoisotopic (exact) mass is 416 g/mol. The van der Waals surface area contributed by atoms with Crippen LogP contribution in [0.1, 0.15) is 11.3 Å². The molecule has 0 unspecified atom stereocenters. The van der Waals surface area contributed by atoms with Crippen LogP contribution >= 0.6 is 39.0 Å². The molecular formula is C17H13BrN4S2. The van der Waals surface area contributed by atoms with Crippen LogP contribution in [0.4, 0.5) is 0 Å². The van der Waals surface area contributed by atoms with Gasteiger partial charge in [0, 0.05) is 16.4 Å². The largest absolute Gasteiger partial charge is 0.248 e. The van der Waals surface area contributed by atoms with Crippen molar-refractivity contribution in [2.24, 2.45) is 0 Å². The van der Waals surface area contributed by atoms with E-state index in [1.165, 1.54) is 10.3 Å². The number of hydrogen-bond acceptors (Lipinski definition) is 5. The van der Waals surface area contributed by atoms with E-state index in [2.05, 4.69) is 43.4 Å². The molecule has 120 valence electrons. The fraction of sp³-hybridized carbons (Fsp3) is 0.118. The van der Waals surface area contributed by atoms with E-state index in [9.17, 15) is 0 Å². The second-order valence-electron chi connectivity index (χ2n) is 5.24. The lowest BCUT2D eigenvalue weighted by molar-refractivity contribution is 0.648. The molecule has 0 fully saturated rings. The second-order valence-corrected chi connectivity index (χ2v) is 8.34. The van der Waals surface area contributed by atoms with Crippen molar-refractivity contribution in [3.05, 3.63) is 70.5 Å². The third-order valence-corrected chi connectivity index (χ3v) is 6.48. The van der Waals surface area contributed by atoms with Gasteiger partial charge in [-0.3, -0.25) is 0 Å². The van der Waals surface area contributed by atoms with E-state index in [1.807, 2.05) is 47.3 Å². The third-order valence-electron chi connectivity index (χ3n) is 3.49. The number of thioether (sulfide) groups is 1. The zero-order valence-electron chi connectivity index (χ0n) is 12.6. The number of fused-ring (bicyclic) bond motifs is 1. The van der Waals surface area contributed by atoms with Gasteiger partial charge in [0.25, 0.3) is 0 Å². The number of hydrogen-bond donors (Lipinski definition) is 0. The first-order valence-corrected chi connectivity index (χ1v) is 9.98. The summed E-state index contributed by atoms with van der Waals surface area (Å²) in [6.45, 7) is 0.709. The molecule has 2 aromatic carbocycles. The van der Waals surface area contributed by atoms with Gasteiger partial charge < -0.3 is 0 Å². The van der Waals surface area contributed by atoms with Gasteiger partial charge in [-0.15, -0.1) is 16.4 Å². The van der Waals surface area contributed by atoms with Crippen LogP contribution in [0.5, 0.6) is 0 Å². The Morgan fingerprint density at radius 3 is 2.79 bits per heavy atom. The van der Waals surface area contributed by atoms with Crippen molar-refractivity contribution in [2.75, 3.05) is 0 Å². The molecule has 0 radical (unpaired) electrons. The number of rotatable bonds is 5. The lowest BCUT2D eigenvalue weighted by Crippen LogP contribution is -2.00. The Hall–Kier alpha value is -1.70. The molecule has 0 saturated heterocycles. The zero-order chi connectivity index (χ0) is 16.4. The fourth-order valence-electron chi connectivity index (χ4n) is 2.33. The highest BCUT2D eigenvalue weighted by molar-refractivity contribution is 9.10. The Balaban J connectivity index is 1.42. The molecule has 0 aliphatic heterocycles. The van der Waals surface area contributed by atoms with Gasteiger partial charge in [-0.1, -0.05) is 63.2 Å². The maximum absolute atomic E-state index is 4.63. The van der Waals surface area contributed by atoms with Crippen molar-refractivity contribution in [1.82, 2.24) is 20.0 Å². The molecule has 4 rings (SSSR count). The van der Waals surface area contributed by atoms with Crippen LogP contribution in [-0.2, 0) is 12.3 Å². The minimum absolute atomic E-state index is 0.709. The second kappa shape index (κ2) is 7.04. The quantitative estimate of drug-likeness (QED) is 0.429. The standard InChI is InChI=1S/C17H13BrN4S2/c18-14-6-2-1-5-12(14)9-22-10-13(20-21-22)11-23-17-19-15-7-3-4-8-16(15)24-17/h1-8,10H,9,11H2. The number of benzene rings is 2.